The third kappa shape index (κ3) is 2.14. The predicted molar refractivity (Wildman–Crippen MR) is 69.4 cm³/mol. The number of aromatic carboxylic acids is 1. The molecule has 1 aliphatic rings. The van der Waals surface area contributed by atoms with Crippen molar-refractivity contribution in [1.29, 1.82) is 0 Å². The number of aromatic nitrogens is 1. The molecule has 0 radical (unpaired) electrons. The van der Waals surface area contributed by atoms with Crippen molar-refractivity contribution >= 4 is 5.97 Å². The maximum absolute atomic E-state index is 11.1. The Hall–Kier alpha value is -2.10. The molecule has 0 bridgehead atoms. The Balaban J connectivity index is 1.84. The van der Waals surface area contributed by atoms with Gasteiger partial charge in [0.15, 0.2) is 5.89 Å². The van der Waals surface area contributed by atoms with Crippen LogP contribution in [0, 0.1) is 0 Å². The Labute approximate surface area is 111 Å². The van der Waals surface area contributed by atoms with Gasteiger partial charge in [-0.3, -0.25) is 0 Å². The van der Waals surface area contributed by atoms with Crippen molar-refractivity contribution in [1.82, 2.24) is 4.98 Å². The van der Waals surface area contributed by atoms with E-state index in [-0.39, 0.29) is 11.7 Å². The van der Waals surface area contributed by atoms with Crippen LogP contribution in [0.2, 0.25) is 0 Å². The molecule has 0 aliphatic heterocycles. The fraction of sp³-hybridized carbons (Fsp3) is 0.333. The van der Waals surface area contributed by atoms with Gasteiger partial charge < -0.3 is 9.52 Å². The Morgan fingerprint density at radius 3 is 2.68 bits per heavy atom. The Kier molecular flexibility index (Phi) is 2.85. The number of hydrogen-bond acceptors (Lipinski definition) is 3. The summed E-state index contributed by atoms with van der Waals surface area (Å²) in [6.07, 6.45) is 1.56. The van der Waals surface area contributed by atoms with Crippen molar-refractivity contribution in [2.75, 3.05) is 0 Å². The summed E-state index contributed by atoms with van der Waals surface area (Å²) in [7, 11) is 0. The minimum Gasteiger partial charge on any atom is -0.475 e. The first-order chi connectivity index (χ1) is 9.20. The van der Waals surface area contributed by atoms with E-state index in [1.165, 1.54) is 5.56 Å². The highest BCUT2D eigenvalue weighted by Crippen LogP contribution is 2.54. The molecule has 2 atom stereocenters. The monoisotopic (exact) mass is 257 g/mol. The lowest BCUT2D eigenvalue weighted by Gasteiger charge is -1.96. The molecule has 1 aromatic carbocycles. The molecule has 1 fully saturated rings. The summed E-state index contributed by atoms with van der Waals surface area (Å²) in [6, 6.07) is 10.2. The van der Waals surface area contributed by atoms with Crippen LogP contribution in [-0.2, 0) is 6.42 Å². The van der Waals surface area contributed by atoms with Gasteiger partial charge in [0.2, 0.25) is 5.76 Å². The molecule has 19 heavy (non-hydrogen) atoms. The zero-order valence-corrected chi connectivity index (χ0v) is 10.7. The van der Waals surface area contributed by atoms with Crippen molar-refractivity contribution in [2.24, 2.45) is 0 Å². The number of carbonyl (C=O) groups is 1. The number of hydrogen-bond donors (Lipinski definition) is 1. The number of oxazole rings is 1. The van der Waals surface area contributed by atoms with Crippen LogP contribution < -0.4 is 0 Å². The van der Waals surface area contributed by atoms with Crippen molar-refractivity contribution in [3.63, 3.8) is 0 Å². The lowest BCUT2D eigenvalue weighted by Crippen LogP contribution is -1.98. The normalized spacial score (nSPS) is 21.3. The molecule has 2 aromatic rings. The van der Waals surface area contributed by atoms with Gasteiger partial charge in [0.05, 0.1) is 5.69 Å². The number of nitrogens with zero attached hydrogens (tertiary/aromatic N) is 1. The Morgan fingerprint density at radius 2 is 2.11 bits per heavy atom. The Bertz CT molecular complexity index is 603. The lowest BCUT2D eigenvalue weighted by molar-refractivity contribution is 0.0659. The molecule has 98 valence electrons. The number of carboxylic acid groups (broad SMARTS) is 1. The van der Waals surface area contributed by atoms with E-state index in [9.17, 15) is 4.79 Å². The van der Waals surface area contributed by atoms with E-state index in [1.54, 1.807) is 0 Å². The molecule has 3 rings (SSSR count). The largest absolute Gasteiger partial charge is 0.475 e. The molecule has 1 aromatic heterocycles. The fourth-order valence-electron chi connectivity index (χ4n) is 2.47. The van der Waals surface area contributed by atoms with Crippen molar-refractivity contribution in [2.45, 2.75) is 31.6 Å². The first-order valence-corrected chi connectivity index (χ1v) is 6.48. The number of carboxylic acids is 1. The van der Waals surface area contributed by atoms with Gasteiger partial charge >= 0.3 is 5.97 Å². The average molecular weight is 257 g/mol. The van der Waals surface area contributed by atoms with Gasteiger partial charge in [-0.2, -0.15) is 0 Å². The third-order valence-electron chi connectivity index (χ3n) is 3.58. The molecular weight excluding hydrogens is 242 g/mol. The van der Waals surface area contributed by atoms with Crippen LogP contribution in [0.25, 0.3) is 0 Å². The quantitative estimate of drug-likeness (QED) is 0.913. The SMILES string of the molecule is CCc1nc(C2CC2c2ccccc2)oc1C(=O)O. The third-order valence-corrected chi connectivity index (χ3v) is 3.58. The van der Waals surface area contributed by atoms with Gasteiger partial charge in [-0.1, -0.05) is 37.3 Å². The molecule has 0 amide bonds. The average Bonchev–Trinajstić information content (AvgIpc) is 3.11. The fourth-order valence-corrected chi connectivity index (χ4v) is 2.47. The van der Waals surface area contributed by atoms with E-state index in [4.69, 9.17) is 9.52 Å². The maximum atomic E-state index is 11.1. The van der Waals surface area contributed by atoms with Crippen LogP contribution >= 0.6 is 0 Å². The molecule has 4 heteroatoms. The van der Waals surface area contributed by atoms with Gasteiger partial charge in [0.1, 0.15) is 0 Å². The van der Waals surface area contributed by atoms with Crippen LogP contribution in [0.3, 0.4) is 0 Å². The second-order valence-corrected chi connectivity index (χ2v) is 4.85. The van der Waals surface area contributed by atoms with Crippen molar-refractivity contribution in [3.8, 4) is 0 Å². The lowest BCUT2D eigenvalue weighted by atomic mass is 10.1. The van der Waals surface area contributed by atoms with E-state index in [0.29, 0.717) is 23.9 Å². The molecule has 0 saturated heterocycles. The standard InChI is InChI=1S/C15H15NO3/c1-2-12-13(15(17)18)19-14(16-12)11-8-10(11)9-6-4-3-5-7-9/h3-7,10-11H,2,8H2,1H3,(H,17,18). The van der Waals surface area contributed by atoms with E-state index >= 15 is 0 Å². The first-order valence-electron chi connectivity index (χ1n) is 6.48. The van der Waals surface area contributed by atoms with Gasteiger partial charge in [0.25, 0.3) is 0 Å². The highest BCUT2D eigenvalue weighted by molar-refractivity contribution is 5.85. The molecule has 1 aliphatic carbocycles. The Morgan fingerprint density at radius 1 is 1.37 bits per heavy atom. The summed E-state index contributed by atoms with van der Waals surface area (Å²) < 4.78 is 5.43. The second kappa shape index (κ2) is 4.53. The summed E-state index contributed by atoms with van der Waals surface area (Å²) in [6.45, 7) is 1.88. The van der Waals surface area contributed by atoms with Gasteiger partial charge in [0, 0.05) is 5.92 Å². The predicted octanol–water partition coefficient (Wildman–Crippen LogP) is 3.21. The molecule has 4 nitrogen and oxygen atoms in total. The molecule has 1 N–H and O–H groups in total. The van der Waals surface area contributed by atoms with Crippen molar-refractivity contribution < 1.29 is 14.3 Å². The molecule has 1 saturated carbocycles. The van der Waals surface area contributed by atoms with Crippen LogP contribution in [0.5, 0.6) is 0 Å². The van der Waals surface area contributed by atoms with E-state index in [0.717, 1.165) is 6.42 Å². The van der Waals surface area contributed by atoms with E-state index < -0.39 is 5.97 Å². The zero-order valence-electron chi connectivity index (χ0n) is 10.7. The summed E-state index contributed by atoms with van der Waals surface area (Å²) in [4.78, 5) is 15.4. The summed E-state index contributed by atoms with van der Waals surface area (Å²) >= 11 is 0. The van der Waals surface area contributed by atoms with Crippen molar-refractivity contribution in [3.05, 3.63) is 53.2 Å². The smallest absolute Gasteiger partial charge is 0.373 e. The van der Waals surface area contributed by atoms with Crippen LogP contribution in [0.15, 0.2) is 34.7 Å². The topological polar surface area (TPSA) is 63.3 Å². The first kappa shape index (κ1) is 12.0. The molecule has 0 spiro atoms. The second-order valence-electron chi connectivity index (χ2n) is 4.85. The molecular formula is C15H15NO3. The summed E-state index contributed by atoms with van der Waals surface area (Å²) in [5, 5.41) is 9.06. The maximum Gasteiger partial charge on any atom is 0.373 e. The number of benzene rings is 1. The summed E-state index contributed by atoms with van der Waals surface area (Å²) in [5.41, 5.74) is 1.81. The van der Waals surface area contributed by atoms with E-state index in [1.807, 2.05) is 25.1 Å². The minimum absolute atomic E-state index is 0.00351. The van der Waals surface area contributed by atoms with E-state index in [2.05, 4.69) is 17.1 Å². The molecule has 2 unspecified atom stereocenters. The number of aryl methyl sites for hydroxylation is 1. The van der Waals surface area contributed by atoms with Crippen LogP contribution in [-0.4, -0.2) is 16.1 Å². The van der Waals surface area contributed by atoms with Gasteiger partial charge in [-0.15, -0.1) is 0 Å². The number of rotatable bonds is 4. The molecule has 1 heterocycles. The van der Waals surface area contributed by atoms with Crippen LogP contribution in [0.1, 0.15) is 52.9 Å². The highest BCUT2D eigenvalue weighted by atomic mass is 16.4. The van der Waals surface area contributed by atoms with Crippen LogP contribution in [0.4, 0.5) is 0 Å². The zero-order chi connectivity index (χ0) is 13.4. The summed E-state index contributed by atoms with van der Waals surface area (Å²) in [5.74, 6) is 0.166. The minimum atomic E-state index is -1.03. The van der Waals surface area contributed by atoms with Gasteiger partial charge in [-0.25, -0.2) is 9.78 Å². The van der Waals surface area contributed by atoms with Gasteiger partial charge in [-0.05, 0) is 24.3 Å². The highest BCUT2D eigenvalue weighted by Gasteiger charge is 2.43.